The van der Waals surface area contributed by atoms with Gasteiger partial charge in [0.1, 0.15) is 0 Å². The monoisotopic (exact) mass is 298 g/mol. The molecule has 3 heteroatoms. The van der Waals surface area contributed by atoms with E-state index in [2.05, 4.69) is 38.3 Å². The summed E-state index contributed by atoms with van der Waals surface area (Å²) in [7, 11) is 0. The Kier molecular flexibility index (Phi) is 32.1. The molecule has 1 fully saturated rings. The van der Waals surface area contributed by atoms with Crippen LogP contribution in [0.1, 0.15) is 6.42 Å². The molecule has 0 bridgehead atoms. The summed E-state index contributed by atoms with van der Waals surface area (Å²) in [5.74, 6) is 0. The van der Waals surface area contributed by atoms with E-state index in [-0.39, 0.29) is 21.1 Å². The van der Waals surface area contributed by atoms with Gasteiger partial charge in [0.25, 0.3) is 0 Å². The molecule has 0 unspecified atom stereocenters. The van der Waals surface area contributed by atoms with Crippen LogP contribution in [0.5, 0.6) is 0 Å². The minimum atomic E-state index is 0. The van der Waals surface area contributed by atoms with Crippen molar-refractivity contribution in [2.45, 2.75) is 6.42 Å². The molecule has 0 saturated heterocycles. The largest absolute Gasteiger partial charge is 0.0879 e. The van der Waals surface area contributed by atoms with E-state index in [0.29, 0.717) is 0 Å². The zero-order valence-electron chi connectivity index (χ0n) is 8.71. The van der Waals surface area contributed by atoms with Gasteiger partial charge in [0, 0.05) is 21.1 Å². The normalized spacial score (nSPS) is 15.8. The SMILES string of the molecule is [C-]#[O+].[C-]#[O+].[CH]1[CH]C=CC[CH]1.[CH]1[CH][CH][CH][CH]1.[Mo]. The van der Waals surface area contributed by atoms with Crippen molar-refractivity contribution >= 4 is 0 Å². The molecule has 0 aromatic carbocycles. The summed E-state index contributed by atoms with van der Waals surface area (Å²) in [6.45, 7) is 9.00. The van der Waals surface area contributed by atoms with Gasteiger partial charge in [-0.15, -0.1) is 0 Å². The maximum absolute atomic E-state index is 7.50. The number of hydrogen-bond acceptors (Lipinski definition) is 0. The van der Waals surface area contributed by atoms with Crippen molar-refractivity contribution in [2.24, 2.45) is 0 Å². The van der Waals surface area contributed by atoms with Crippen molar-refractivity contribution in [3.63, 3.8) is 0 Å². The molecule has 2 aliphatic carbocycles. The van der Waals surface area contributed by atoms with Crippen molar-refractivity contribution in [3.05, 3.63) is 76.8 Å². The Balaban J connectivity index is -0.000000156. The van der Waals surface area contributed by atoms with E-state index < -0.39 is 0 Å². The molecule has 2 aliphatic rings. The second-order valence-corrected chi connectivity index (χ2v) is 2.25. The first-order valence-corrected chi connectivity index (χ1v) is 4.22. The molecular weight excluding hydrogens is 284 g/mol. The molecule has 0 atom stereocenters. The molecule has 2 rings (SSSR count). The zero-order chi connectivity index (χ0) is 11.8. The van der Waals surface area contributed by atoms with E-state index in [0.717, 1.165) is 6.42 Å². The summed E-state index contributed by atoms with van der Waals surface area (Å²) in [4.78, 5) is 0. The minimum Gasteiger partial charge on any atom is -0.0879 e. The minimum absolute atomic E-state index is 0. The summed E-state index contributed by atoms with van der Waals surface area (Å²) in [5, 5.41) is 0. The molecule has 16 heavy (non-hydrogen) atoms. The topological polar surface area (TPSA) is 39.8 Å². The van der Waals surface area contributed by atoms with E-state index in [1.807, 2.05) is 38.5 Å². The summed E-state index contributed by atoms with van der Waals surface area (Å²) < 4.78 is 15.0. The predicted molar refractivity (Wildman–Crippen MR) is 56.0 cm³/mol. The third kappa shape index (κ3) is 19.5. The Labute approximate surface area is 114 Å². The van der Waals surface area contributed by atoms with Gasteiger partial charge in [0.2, 0.25) is 0 Å². The van der Waals surface area contributed by atoms with Gasteiger partial charge in [0.15, 0.2) is 0 Å². The van der Waals surface area contributed by atoms with Gasteiger partial charge in [-0.2, -0.15) is 0 Å². The summed E-state index contributed by atoms with van der Waals surface area (Å²) in [6.07, 6.45) is 21.5. The number of hydrogen-bond donors (Lipinski definition) is 0. The summed E-state index contributed by atoms with van der Waals surface area (Å²) in [6, 6.07) is 0. The quantitative estimate of drug-likeness (QED) is 0.374. The molecule has 0 N–H and O–H groups in total. The average molecular weight is 296 g/mol. The molecule has 8 radical (unpaired) electrons. The van der Waals surface area contributed by atoms with Crippen molar-refractivity contribution in [1.29, 1.82) is 0 Å². The second-order valence-electron chi connectivity index (χ2n) is 2.25. The Morgan fingerprint density at radius 3 is 1.25 bits per heavy atom. The molecule has 0 spiro atoms. The number of rotatable bonds is 0. The molecule has 0 aromatic rings. The molecule has 82 valence electrons. The summed E-state index contributed by atoms with van der Waals surface area (Å²) in [5.41, 5.74) is 0. The van der Waals surface area contributed by atoms with Gasteiger partial charge in [-0.3, -0.25) is 0 Å². The van der Waals surface area contributed by atoms with Crippen molar-refractivity contribution in [3.8, 4) is 0 Å². The van der Waals surface area contributed by atoms with Gasteiger partial charge in [-0.05, 0) is 57.8 Å². The van der Waals surface area contributed by atoms with Crippen LogP contribution in [0.25, 0.3) is 0 Å². The van der Waals surface area contributed by atoms with Crippen LogP contribution in [0.15, 0.2) is 12.2 Å². The fourth-order valence-electron chi connectivity index (χ4n) is 0.778. The third-order valence-electron chi connectivity index (χ3n) is 1.32. The maximum Gasteiger partial charge on any atom is 0 e. The second kappa shape index (κ2) is 24.2. The molecule has 0 aromatic heterocycles. The van der Waals surface area contributed by atoms with Crippen LogP contribution in [0.3, 0.4) is 0 Å². The number of allylic oxidation sites excluding steroid dienone is 2. The van der Waals surface area contributed by atoms with Crippen LogP contribution >= 0.6 is 0 Å². The van der Waals surface area contributed by atoms with Crippen molar-refractivity contribution < 1.29 is 30.4 Å². The summed E-state index contributed by atoms with van der Waals surface area (Å²) >= 11 is 0. The van der Waals surface area contributed by atoms with Crippen LogP contribution in [0.4, 0.5) is 0 Å². The fraction of sp³-hybridized carbons (Fsp3) is 0.0769. The van der Waals surface area contributed by atoms with Crippen LogP contribution in [0, 0.1) is 64.7 Å². The van der Waals surface area contributed by atoms with Crippen molar-refractivity contribution in [1.82, 2.24) is 0 Å². The molecule has 1 saturated carbocycles. The van der Waals surface area contributed by atoms with Gasteiger partial charge in [0.05, 0.1) is 0 Å². The molecule has 0 heterocycles. The van der Waals surface area contributed by atoms with E-state index >= 15 is 0 Å². The van der Waals surface area contributed by atoms with Crippen LogP contribution < -0.4 is 0 Å². The van der Waals surface area contributed by atoms with Gasteiger partial charge < -0.3 is 0 Å². The molecule has 0 aliphatic heterocycles. The predicted octanol–water partition coefficient (Wildman–Crippen LogP) is 2.50. The first-order chi connectivity index (χ1) is 7.50. The van der Waals surface area contributed by atoms with E-state index in [1.165, 1.54) is 0 Å². The van der Waals surface area contributed by atoms with E-state index in [1.54, 1.807) is 0 Å². The smallest absolute Gasteiger partial charge is 0 e. The van der Waals surface area contributed by atoms with Crippen molar-refractivity contribution in [2.75, 3.05) is 0 Å². The molecule has 2 nitrogen and oxygen atoms in total. The van der Waals surface area contributed by atoms with Gasteiger partial charge in [-0.1, -0.05) is 12.2 Å². The third-order valence-corrected chi connectivity index (χ3v) is 1.32. The van der Waals surface area contributed by atoms with E-state index in [4.69, 9.17) is 9.30 Å². The Morgan fingerprint density at radius 2 is 1.12 bits per heavy atom. The first kappa shape index (κ1) is 21.2. The zero-order valence-corrected chi connectivity index (χ0v) is 10.7. The van der Waals surface area contributed by atoms with Gasteiger partial charge in [-0.25, -0.2) is 0 Å². The van der Waals surface area contributed by atoms with Crippen LogP contribution in [-0.2, 0) is 30.4 Å². The Bertz CT molecular complexity index is 148. The molecule has 0 amide bonds. The Hall–Kier alpha value is -0.0917. The average Bonchev–Trinajstić information content (AvgIpc) is 2.95. The maximum atomic E-state index is 7.50. The van der Waals surface area contributed by atoms with Gasteiger partial charge >= 0.3 is 22.6 Å². The first-order valence-electron chi connectivity index (χ1n) is 4.22. The van der Waals surface area contributed by atoms with Crippen LogP contribution in [-0.4, -0.2) is 0 Å². The van der Waals surface area contributed by atoms with E-state index in [9.17, 15) is 0 Å². The fourth-order valence-corrected chi connectivity index (χ4v) is 0.778. The Morgan fingerprint density at radius 1 is 0.688 bits per heavy atom. The molecular formula is C13H12MoO2. The standard InChI is InChI=1S/C6H7.C5H5.2CO.Mo/c1-2-4-6-5-3-1;1-2-4-5-3-1;2*1-2;/h1-5H,6H2;1-5H;;;. The van der Waals surface area contributed by atoms with Crippen LogP contribution in [0.2, 0.25) is 0 Å².